The molecule has 124 valence electrons. The molecule has 1 saturated heterocycles. The van der Waals surface area contributed by atoms with Crippen LogP contribution in [0.4, 0.5) is 0 Å². The minimum atomic E-state index is 0.147. The van der Waals surface area contributed by atoms with E-state index in [0.717, 1.165) is 39.1 Å². The van der Waals surface area contributed by atoms with E-state index in [1.54, 1.807) is 0 Å². The van der Waals surface area contributed by atoms with E-state index in [4.69, 9.17) is 5.11 Å². The maximum atomic E-state index is 13.0. The van der Waals surface area contributed by atoms with E-state index in [-0.39, 0.29) is 17.9 Å². The number of rotatable bonds is 3. The molecule has 0 aromatic heterocycles. The number of hydrogen-bond donors (Lipinski definition) is 1. The number of β-amino-alcohol motifs (C(OH)–C–C–N with tert-alkyl or cyclic N) is 1. The highest BCUT2D eigenvalue weighted by Crippen LogP contribution is 2.60. The molecule has 2 atom stereocenters. The SMILES string of the molecule is O=C(C1CC12CCCc1ccccc12)N1CCN(CCO)CC1. The molecule has 3 aliphatic rings. The van der Waals surface area contributed by atoms with E-state index in [1.165, 1.54) is 30.4 Å². The van der Waals surface area contributed by atoms with Crippen LogP contribution in [-0.2, 0) is 16.6 Å². The van der Waals surface area contributed by atoms with Crippen LogP contribution in [0.5, 0.6) is 0 Å². The fraction of sp³-hybridized carbons (Fsp3) is 0.632. The van der Waals surface area contributed by atoms with Gasteiger partial charge >= 0.3 is 0 Å². The monoisotopic (exact) mass is 314 g/mol. The number of aliphatic hydroxyl groups excluding tert-OH is 1. The summed E-state index contributed by atoms with van der Waals surface area (Å²) in [5.41, 5.74) is 3.05. The van der Waals surface area contributed by atoms with Gasteiger partial charge in [-0.25, -0.2) is 0 Å². The van der Waals surface area contributed by atoms with Crippen molar-refractivity contribution in [2.24, 2.45) is 5.92 Å². The number of nitrogens with zero attached hydrogens (tertiary/aromatic N) is 2. The number of piperazine rings is 1. The van der Waals surface area contributed by atoms with Gasteiger partial charge in [0.1, 0.15) is 0 Å². The Morgan fingerprint density at radius 1 is 1.22 bits per heavy atom. The molecule has 4 nitrogen and oxygen atoms in total. The maximum absolute atomic E-state index is 13.0. The van der Waals surface area contributed by atoms with Gasteiger partial charge in [-0.15, -0.1) is 0 Å². The molecule has 1 saturated carbocycles. The van der Waals surface area contributed by atoms with Gasteiger partial charge in [-0.3, -0.25) is 9.69 Å². The summed E-state index contributed by atoms with van der Waals surface area (Å²) in [7, 11) is 0. The highest BCUT2D eigenvalue weighted by Gasteiger charge is 2.60. The molecule has 2 aliphatic carbocycles. The second-order valence-electron chi connectivity index (χ2n) is 7.31. The van der Waals surface area contributed by atoms with Gasteiger partial charge in [0.25, 0.3) is 0 Å². The zero-order valence-electron chi connectivity index (χ0n) is 13.7. The zero-order valence-corrected chi connectivity index (χ0v) is 13.7. The van der Waals surface area contributed by atoms with Crippen LogP contribution in [0, 0.1) is 5.92 Å². The van der Waals surface area contributed by atoms with Gasteiger partial charge in [-0.05, 0) is 36.8 Å². The summed E-state index contributed by atoms with van der Waals surface area (Å²) in [5, 5.41) is 9.03. The molecule has 2 fully saturated rings. The minimum absolute atomic E-state index is 0.147. The lowest BCUT2D eigenvalue weighted by molar-refractivity contribution is -0.134. The zero-order chi connectivity index (χ0) is 15.9. The molecule has 0 bridgehead atoms. The van der Waals surface area contributed by atoms with Crippen molar-refractivity contribution in [1.82, 2.24) is 9.80 Å². The summed E-state index contributed by atoms with van der Waals surface area (Å²) in [6.45, 7) is 4.34. The Hall–Kier alpha value is -1.39. The van der Waals surface area contributed by atoms with Crippen LogP contribution >= 0.6 is 0 Å². The fourth-order valence-corrected chi connectivity index (χ4v) is 4.71. The summed E-state index contributed by atoms with van der Waals surface area (Å²) in [6.07, 6.45) is 4.59. The first-order valence-corrected chi connectivity index (χ1v) is 8.95. The average molecular weight is 314 g/mol. The summed E-state index contributed by atoms with van der Waals surface area (Å²) >= 11 is 0. The molecule has 1 aromatic carbocycles. The number of fused-ring (bicyclic) bond motifs is 2. The Bertz CT molecular complexity index is 595. The molecule has 1 amide bonds. The van der Waals surface area contributed by atoms with Gasteiger partial charge in [-0.1, -0.05) is 24.3 Å². The molecular formula is C19H26N2O2. The lowest BCUT2D eigenvalue weighted by Crippen LogP contribution is -2.50. The van der Waals surface area contributed by atoms with E-state index in [1.807, 2.05) is 0 Å². The molecule has 23 heavy (non-hydrogen) atoms. The van der Waals surface area contributed by atoms with E-state index in [0.29, 0.717) is 5.91 Å². The second kappa shape index (κ2) is 5.91. The number of carbonyl (C=O) groups excluding carboxylic acids is 1. The van der Waals surface area contributed by atoms with Crippen molar-refractivity contribution in [1.29, 1.82) is 0 Å². The molecule has 1 heterocycles. The van der Waals surface area contributed by atoms with Gasteiger partial charge in [0, 0.05) is 44.1 Å². The minimum Gasteiger partial charge on any atom is -0.395 e. The highest BCUT2D eigenvalue weighted by molar-refractivity contribution is 5.85. The first-order valence-electron chi connectivity index (χ1n) is 8.95. The van der Waals surface area contributed by atoms with Crippen LogP contribution in [0.25, 0.3) is 0 Å². The molecule has 0 radical (unpaired) electrons. The van der Waals surface area contributed by atoms with Crippen molar-refractivity contribution in [2.75, 3.05) is 39.3 Å². The largest absolute Gasteiger partial charge is 0.395 e. The van der Waals surface area contributed by atoms with Crippen molar-refractivity contribution in [3.8, 4) is 0 Å². The number of benzene rings is 1. The lowest BCUT2D eigenvalue weighted by atomic mass is 9.78. The van der Waals surface area contributed by atoms with Crippen LogP contribution in [0.2, 0.25) is 0 Å². The Balaban J connectivity index is 1.45. The average Bonchev–Trinajstić information content (AvgIpc) is 3.30. The van der Waals surface area contributed by atoms with Gasteiger partial charge in [-0.2, -0.15) is 0 Å². The topological polar surface area (TPSA) is 43.8 Å². The summed E-state index contributed by atoms with van der Waals surface area (Å²) < 4.78 is 0. The van der Waals surface area contributed by atoms with Crippen LogP contribution < -0.4 is 0 Å². The Morgan fingerprint density at radius 3 is 2.78 bits per heavy atom. The van der Waals surface area contributed by atoms with Crippen LogP contribution in [0.1, 0.15) is 30.4 Å². The second-order valence-corrected chi connectivity index (χ2v) is 7.31. The molecule has 2 unspecified atom stereocenters. The van der Waals surface area contributed by atoms with Gasteiger partial charge in [0.05, 0.1) is 6.61 Å². The normalized spacial score (nSPS) is 30.3. The predicted octanol–water partition coefficient (Wildman–Crippen LogP) is 1.42. The third kappa shape index (κ3) is 2.58. The lowest BCUT2D eigenvalue weighted by Gasteiger charge is -2.35. The first kappa shape index (κ1) is 15.2. The molecular weight excluding hydrogens is 288 g/mol. The third-order valence-electron chi connectivity index (χ3n) is 6.10. The van der Waals surface area contributed by atoms with Gasteiger partial charge in [0.15, 0.2) is 0 Å². The Kier molecular flexibility index (Phi) is 3.90. The van der Waals surface area contributed by atoms with E-state index >= 15 is 0 Å². The molecule has 1 aromatic rings. The predicted molar refractivity (Wildman–Crippen MR) is 89.3 cm³/mol. The Morgan fingerprint density at radius 2 is 2.00 bits per heavy atom. The number of aryl methyl sites for hydroxylation is 1. The van der Waals surface area contributed by atoms with E-state index in [9.17, 15) is 4.79 Å². The van der Waals surface area contributed by atoms with Crippen molar-refractivity contribution in [3.05, 3.63) is 35.4 Å². The maximum Gasteiger partial charge on any atom is 0.226 e. The molecule has 4 rings (SSSR count). The first-order chi connectivity index (χ1) is 11.2. The van der Waals surface area contributed by atoms with Crippen molar-refractivity contribution >= 4 is 5.91 Å². The van der Waals surface area contributed by atoms with Crippen molar-refractivity contribution < 1.29 is 9.90 Å². The highest BCUT2D eigenvalue weighted by atomic mass is 16.3. The van der Waals surface area contributed by atoms with Crippen LogP contribution in [0.3, 0.4) is 0 Å². The molecule has 1 N–H and O–H groups in total. The standard InChI is InChI=1S/C19H26N2O2/c22-13-12-20-8-10-21(11-9-20)18(23)17-14-19(17)7-3-5-15-4-1-2-6-16(15)19/h1-2,4,6,17,22H,3,5,7-14H2. The summed E-state index contributed by atoms with van der Waals surface area (Å²) in [6, 6.07) is 8.74. The van der Waals surface area contributed by atoms with E-state index in [2.05, 4.69) is 34.1 Å². The summed E-state index contributed by atoms with van der Waals surface area (Å²) in [5.74, 6) is 0.568. The molecule has 1 aliphatic heterocycles. The van der Waals surface area contributed by atoms with Crippen LogP contribution in [-0.4, -0.2) is 60.1 Å². The Labute approximate surface area is 138 Å². The van der Waals surface area contributed by atoms with Crippen LogP contribution in [0.15, 0.2) is 24.3 Å². The number of hydrogen-bond acceptors (Lipinski definition) is 3. The van der Waals surface area contributed by atoms with E-state index < -0.39 is 0 Å². The molecule has 4 heteroatoms. The summed E-state index contributed by atoms with van der Waals surface area (Å²) in [4.78, 5) is 17.3. The third-order valence-corrected chi connectivity index (χ3v) is 6.10. The fourth-order valence-electron chi connectivity index (χ4n) is 4.71. The smallest absolute Gasteiger partial charge is 0.226 e. The number of carbonyl (C=O) groups is 1. The van der Waals surface area contributed by atoms with Gasteiger partial charge in [0.2, 0.25) is 5.91 Å². The number of amides is 1. The van der Waals surface area contributed by atoms with Crippen molar-refractivity contribution in [2.45, 2.75) is 31.1 Å². The molecule has 1 spiro atoms. The van der Waals surface area contributed by atoms with Crippen molar-refractivity contribution in [3.63, 3.8) is 0 Å². The quantitative estimate of drug-likeness (QED) is 0.917. The van der Waals surface area contributed by atoms with Gasteiger partial charge < -0.3 is 10.0 Å². The number of aliphatic hydroxyl groups is 1.